The van der Waals surface area contributed by atoms with Crippen LogP contribution in [0.1, 0.15) is 43.1 Å². The molecule has 2 aromatic rings. The second kappa shape index (κ2) is 12.6. The van der Waals surface area contributed by atoms with Crippen molar-refractivity contribution in [2.45, 2.75) is 33.2 Å². The molecule has 0 heterocycles. The summed E-state index contributed by atoms with van der Waals surface area (Å²) in [5.74, 6) is 0.693. The molecule has 2 N–H and O–H groups in total. The van der Waals surface area contributed by atoms with Gasteiger partial charge in [0.25, 0.3) is 11.8 Å². The average Bonchev–Trinajstić information content (AvgIpc) is 2.73. The maximum atomic E-state index is 12.7. The van der Waals surface area contributed by atoms with Gasteiger partial charge in [0.05, 0.1) is 23.5 Å². The molecule has 2 amide bonds. The van der Waals surface area contributed by atoms with E-state index in [9.17, 15) is 9.59 Å². The van der Waals surface area contributed by atoms with Crippen LogP contribution in [0.4, 0.5) is 0 Å². The second-order valence-electron chi connectivity index (χ2n) is 7.36. The summed E-state index contributed by atoms with van der Waals surface area (Å²) < 4.78 is 11.9. The van der Waals surface area contributed by atoms with Crippen molar-refractivity contribution in [3.63, 3.8) is 0 Å². The number of methoxy groups -OCH3 is 1. The summed E-state index contributed by atoms with van der Waals surface area (Å²) in [6, 6.07) is 9.41. The van der Waals surface area contributed by atoms with E-state index in [4.69, 9.17) is 21.1 Å². The summed E-state index contributed by atoms with van der Waals surface area (Å²) >= 11 is 8.03. The lowest BCUT2D eigenvalue weighted by Crippen LogP contribution is -2.46. The van der Waals surface area contributed by atoms with Crippen molar-refractivity contribution >= 4 is 52.2 Å². The lowest BCUT2D eigenvalue weighted by atomic mass is 10.0. The maximum absolute atomic E-state index is 12.7. The zero-order valence-corrected chi connectivity index (χ0v) is 21.4. The fraction of sp³-hybridized carbons (Fsp3) is 0.348. The highest BCUT2D eigenvalue weighted by atomic mass is 127. The molecule has 0 bridgehead atoms. The van der Waals surface area contributed by atoms with Gasteiger partial charge in [0.1, 0.15) is 6.04 Å². The third-order valence-electron chi connectivity index (χ3n) is 4.36. The SMILES string of the molecule is CCOc1cc(/C=N/NC(=O)C(CC(C)C)NC(=O)c2ccc(Cl)cc2)cc(I)c1OC. The average molecular weight is 572 g/mol. The predicted molar refractivity (Wildman–Crippen MR) is 135 cm³/mol. The predicted octanol–water partition coefficient (Wildman–Crippen LogP) is 4.65. The molecule has 0 fully saturated rings. The first kappa shape index (κ1) is 25.9. The Kier molecular flexibility index (Phi) is 10.2. The van der Waals surface area contributed by atoms with Crippen molar-refractivity contribution in [1.29, 1.82) is 0 Å². The largest absolute Gasteiger partial charge is 0.492 e. The van der Waals surface area contributed by atoms with Crippen LogP contribution in [0.5, 0.6) is 11.5 Å². The van der Waals surface area contributed by atoms with Crippen LogP contribution in [-0.4, -0.2) is 37.8 Å². The van der Waals surface area contributed by atoms with Gasteiger partial charge in [-0.3, -0.25) is 9.59 Å². The molecule has 0 aliphatic carbocycles. The Balaban J connectivity index is 2.10. The number of ether oxygens (including phenoxy) is 2. The highest BCUT2D eigenvalue weighted by Gasteiger charge is 2.22. The van der Waals surface area contributed by atoms with E-state index in [0.717, 1.165) is 9.13 Å². The monoisotopic (exact) mass is 571 g/mol. The molecule has 1 unspecified atom stereocenters. The van der Waals surface area contributed by atoms with Crippen LogP contribution in [0.25, 0.3) is 0 Å². The summed E-state index contributed by atoms with van der Waals surface area (Å²) in [6.07, 6.45) is 1.99. The van der Waals surface area contributed by atoms with Crippen LogP contribution in [0, 0.1) is 9.49 Å². The molecule has 32 heavy (non-hydrogen) atoms. The lowest BCUT2D eigenvalue weighted by molar-refractivity contribution is -0.123. The van der Waals surface area contributed by atoms with Crippen molar-refractivity contribution in [2.75, 3.05) is 13.7 Å². The molecule has 0 aromatic heterocycles. The van der Waals surface area contributed by atoms with Crippen LogP contribution >= 0.6 is 34.2 Å². The van der Waals surface area contributed by atoms with Crippen LogP contribution in [0.15, 0.2) is 41.5 Å². The molecule has 0 saturated carbocycles. The Bertz CT molecular complexity index is 964. The van der Waals surface area contributed by atoms with E-state index in [1.54, 1.807) is 37.4 Å². The first-order chi connectivity index (χ1) is 15.2. The Morgan fingerprint density at radius 3 is 2.50 bits per heavy atom. The molecule has 0 spiro atoms. The van der Waals surface area contributed by atoms with Gasteiger partial charge in [0, 0.05) is 10.6 Å². The van der Waals surface area contributed by atoms with Crippen LogP contribution in [0.2, 0.25) is 5.02 Å². The summed E-state index contributed by atoms with van der Waals surface area (Å²) in [7, 11) is 1.58. The molecule has 7 nitrogen and oxygen atoms in total. The van der Waals surface area contributed by atoms with Gasteiger partial charge in [-0.1, -0.05) is 25.4 Å². The number of amides is 2. The fourth-order valence-electron chi connectivity index (χ4n) is 2.92. The van der Waals surface area contributed by atoms with Crippen LogP contribution in [-0.2, 0) is 4.79 Å². The van der Waals surface area contributed by atoms with Crippen molar-refractivity contribution in [3.8, 4) is 11.5 Å². The number of hydrazone groups is 1. The highest BCUT2D eigenvalue weighted by molar-refractivity contribution is 14.1. The summed E-state index contributed by atoms with van der Waals surface area (Å²) in [5, 5.41) is 7.38. The van der Waals surface area contributed by atoms with Crippen LogP contribution < -0.4 is 20.2 Å². The maximum Gasteiger partial charge on any atom is 0.262 e. The molecule has 9 heteroatoms. The normalized spacial score (nSPS) is 12.0. The molecule has 1 atom stereocenters. The molecule has 172 valence electrons. The minimum absolute atomic E-state index is 0.192. The third kappa shape index (κ3) is 7.67. The summed E-state index contributed by atoms with van der Waals surface area (Å²) in [6.45, 7) is 6.34. The van der Waals surface area contributed by atoms with E-state index in [1.807, 2.05) is 26.8 Å². The molecule has 0 aliphatic heterocycles. The Morgan fingerprint density at radius 2 is 1.91 bits per heavy atom. The minimum Gasteiger partial charge on any atom is -0.492 e. The summed E-state index contributed by atoms with van der Waals surface area (Å²) in [5.41, 5.74) is 3.69. The van der Waals surface area contributed by atoms with E-state index in [1.165, 1.54) is 6.21 Å². The first-order valence-corrected chi connectivity index (χ1v) is 11.6. The van der Waals surface area contributed by atoms with Gasteiger partial charge in [-0.2, -0.15) is 5.10 Å². The first-order valence-electron chi connectivity index (χ1n) is 10.1. The standard InChI is InChI=1S/C23H27ClIN3O4/c1-5-32-20-12-15(11-18(25)21(20)31-4)13-26-28-23(30)19(10-14(2)3)27-22(29)16-6-8-17(24)9-7-16/h6-9,11-14,19H,5,10H2,1-4H3,(H,27,29)(H,28,30)/b26-13+. The van der Waals surface area contributed by atoms with E-state index >= 15 is 0 Å². The molecule has 2 aromatic carbocycles. The van der Waals surface area contributed by atoms with E-state index in [2.05, 4.69) is 38.4 Å². The van der Waals surface area contributed by atoms with Crippen LogP contribution in [0.3, 0.4) is 0 Å². The number of carbonyl (C=O) groups is 2. The molecular formula is C23H27ClIN3O4. The highest BCUT2D eigenvalue weighted by Crippen LogP contribution is 2.33. The lowest BCUT2D eigenvalue weighted by Gasteiger charge is -2.19. The number of rotatable bonds is 10. The van der Waals surface area contributed by atoms with E-state index < -0.39 is 11.9 Å². The van der Waals surface area contributed by atoms with E-state index in [-0.39, 0.29) is 11.8 Å². The Hall–Kier alpha value is -2.33. The molecule has 0 saturated heterocycles. The number of benzene rings is 2. The number of hydrogen-bond acceptors (Lipinski definition) is 5. The van der Waals surface area contributed by atoms with Gasteiger partial charge in [0.2, 0.25) is 0 Å². The Morgan fingerprint density at radius 1 is 1.22 bits per heavy atom. The smallest absolute Gasteiger partial charge is 0.262 e. The quantitative estimate of drug-likeness (QED) is 0.247. The zero-order valence-electron chi connectivity index (χ0n) is 18.4. The number of nitrogens with one attached hydrogen (secondary N) is 2. The van der Waals surface area contributed by atoms with Gasteiger partial charge in [-0.15, -0.1) is 0 Å². The molecule has 0 aliphatic rings. The third-order valence-corrected chi connectivity index (χ3v) is 5.41. The van der Waals surface area contributed by atoms with Crippen molar-refractivity contribution in [2.24, 2.45) is 11.0 Å². The number of hydrogen-bond donors (Lipinski definition) is 2. The second-order valence-corrected chi connectivity index (χ2v) is 8.96. The molecule has 2 rings (SSSR count). The molecular weight excluding hydrogens is 545 g/mol. The van der Waals surface area contributed by atoms with Crippen molar-refractivity contribution in [3.05, 3.63) is 56.1 Å². The number of carbonyl (C=O) groups excluding carboxylic acids is 2. The number of halogens is 2. The number of nitrogens with zero attached hydrogens (tertiary/aromatic N) is 1. The summed E-state index contributed by atoms with van der Waals surface area (Å²) in [4.78, 5) is 25.3. The van der Waals surface area contributed by atoms with Gasteiger partial charge < -0.3 is 14.8 Å². The van der Waals surface area contributed by atoms with Crippen molar-refractivity contribution in [1.82, 2.24) is 10.7 Å². The van der Waals surface area contributed by atoms with Gasteiger partial charge in [-0.25, -0.2) is 5.43 Å². The minimum atomic E-state index is -0.731. The molecule has 0 radical (unpaired) electrons. The van der Waals surface area contributed by atoms with Gasteiger partial charge in [0.15, 0.2) is 11.5 Å². The zero-order chi connectivity index (χ0) is 23.7. The fourth-order valence-corrected chi connectivity index (χ4v) is 3.89. The topological polar surface area (TPSA) is 89.0 Å². The van der Waals surface area contributed by atoms with E-state index in [0.29, 0.717) is 35.1 Å². The Labute approximate surface area is 207 Å². The van der Waals surface area contributed by atoms with Gasteiger partial charge in [-0.05, 0) is 83.8 Å². The van der Waals surface area contributed by atoms with Crippen molar-refractivity contribution < 1.29 is 19.1 Å². The van der Waals surface area contributed by atoms with Gasteiger partial charge >= 0.3 is 0 Å².